The van der Waals surface area contributed by atoms with Crippen LogP contribution in [-0.2, 0) is 14.3 Å². The second kappa shape index (κ2) is 7.31. The molecule has 0 bridgehead atoms. The van der Waals surface area contributed by atoms with Gasteiger partial charge in [-0.3, -0.25) is 4.79 Å². The van der Waals surface area contributed by atoms with Crippen molar-refractivity contribution in [3.63, 3.8) is 0 Å². The van der Waals surface area contributed by atoms with Crippen LogP contribution in [0.3, 0.4) is 0 Å². The van der Waals surface area contributed by atoms with Gasteiger partial charge in [-0.05, 0) is 27.7 Å². The third-order valence-electron chi connectivity index (χ3n) is 2.93. The molecule has 0 unspecified atom stereocenters. The van der Waals surface area contributed by atoms with Crippen LogP contribution in [0.5, 0.6) is 0 Å². The van der Waals surface area contributed by atoms with E-state index in [1.54, 1.807) is 39.0 Å². The summed E-state index contributed by atoms with van der Waals surface area (Å²) in [6.45, 7) is 7.38. The number of ether oxygens (including phenoxy) is 1. The van der Waals surface area contributed by atoms with E-state index < -0.39 is 4.75 Å². The molecule has 0 amide bonds. The molecular weight excluding hydrogens is 288 g/mol. The Balaban J connectivity index is 2.74. The second-order valence-electron chi connectivity index (χ2n) is 4.83. The molecule has 21 heavy (non-hydrogen) atoms. The Kier molecular flexibility index (Phi) is 6.03. The third-order valence-corrected chi connectivity index (χ3v) is 4.16. The molecule has 0 spiro atoms. The van der Waals surface area contributed by atoms with Crippen molar-refractivity contribution in [1.82, 2.24) is 0 Å². The summed E-state index contributed by atoms with van der Waals surface area (Å²) in [7, 11) is 0. The zero-order valence-electron chi connectivity index (χ0n) is 12.7. The van der Waals surface area contributed by atoms with Gasteiger partial charge in [-0.2, -0.15) is 0 Å². The molecule has 0 saturated carbocycles. The molecule has 0 aromatic heterocycles. The van der Waals surface area contributed by atoms with E-state index in [1.807, 2.05) is 13.0 Å². The third kappa shape index (κ3) is 4.63. The van der Waals surface area contributed by atoms with Crippen LogP contribution in [0.2, 0.25) is 0 Å². The van der Waals surface area contributed by atoms with Crippen LogP contribution >= 0.6 is 11.8 Å². The first-order chi connectivity index (χ1) is 9.80. The molecule has 1 aliphatic heterocycles. The Hall–Kier alpha value is -1.75. The molecule has 114 valence electrons. The molecule has 1 heterocycles. The van der Waals surface area contributed by atoms with Crippen LogP contribution in [0.15, 0.2) is 47.3 Å². The van der Waals surface area contributed by atoms with Crippen molar-refractivity contribution in [2.24, 2.45) is 0 Å². The SMILES string of the molecule is CCOC(=O)/C=C/C=C/C(C)=C/[C@@]1(C)SC(=O)C(C)=C1O. The first-order valence-corrected chi connectivity index (χ1v) is 7.46. The van der Waals surface area contributed by atoms with Crippen molar-refractivity contribution in [2.45, 2.75) is 32.4 Å². The molecule has 1 atom stereocenters. The zero-order chi connectivity index (χ0) is 16.0. The fourth-order valence-corrected chi connectivity index (χ4v) is 3.03. The predicted octanol–water partition coefficient (Wildman–Crippen LogP) is 3.47. The Labute approximate surface area is 129 Å². The smallest absolute Gasteiger partial charge is 0.330 e. The minimum absolute atomic E-state index is 0.104. The van der Waals surface area contributed by atoms with E-state index in [-0.39, 0.29) is 16.8 Å². The minimum atomic E-state index is -0.722. The van der Waals surface area contributed by atoms with Gasteiger partial charge in [-0.15, -0.1) is 0 Å². The summed E-state index contributed by atoms with van der Waals surface area (Å²) in [5, 5.41) is 9.93. The van der Waals surface area contributed by atoms with E-state index in [0.717, 1.165) is 17.3 Å². The Morgan fingerprint density at radius 1 is 1.38 bits per heavy atom. The minimum Gasteiger partial charge on any atom is -0.510 e. The largest absolute Gasteiger partial charge is 0.510 e. The zero-order valence-corrected chi connectivity index (χ0v) is 13.5. The molecule has 0 aliphatic carbocycles. The monoisotopic (exact) mass is 308 g/mol. The molecular formula is C16H20O4S. The molecule has 1 aliphatic rings. The second-order valence-corrected chi connectivity index (χ2v) is 6.25. The number of esters is 1. The van der Waals surface area contributed by atoms with Crippen LogP contribution in [0.1, 0.15) is 27.7 Å². The summed E-state index contributed by atoms with van der Waals surface area (Å²) in [5.41, 5.74) is 1.28. The average Bonchev–Trinajstić information content (AvgIpc) is 2.59. The van der Waals surface area contributed by atoms with Crippen LogP contribution < -0.4 is 0 Å². The first kappa shape index (κ1) is 17.3. The van der Waals surface area contributed by atoms with E-state index in [4.69, 9.17) is 4.74 Å². The van der Waals surface area contributed by atoms with Crippen molar-refractivity contribution in [3.05, 3.63) is 47.3 Å². The summed E-state index contributed by atoms with van der Waals surface area (Å²) < 4.78 is 4.03. The molecule has 0 saturated heterocycles. The molecule has 0 aromatic rings. The lowest BCUT2D eigenvalue weighted by molar-refractivity contribution is -0.137. The highest BCUT2D eigenvalue weighted by Gasteiger charge is 2.40. The average molecular weight is 308 g/mol. The number of carbonyl (C=O) groups is 2. The maximum Gasteiger partial charge on any atom is 0.330 e. The lowest BCUT2D eigenvalue weighted by atomic mass is 10.0. The molecule has 5 heteroatoms. The highest BCUT2D eigenvalue weighted by molar-refractivity contribution is 8.16. The Bertz CT molecular complexity index is 555. The number of rotatable bonds is 5. The lowest BCUT2D eigenvalue weighted by Gasteiger charge is -2.18. The Morgan fingerprint density at radius 3 is 2.52 bits per heavy atom. The van der Waals surface area contributed by atoms with Crippen molar-refractivity contribution in [2.75, 3.05) is 6.61 Å². The number of hydrogen-bond donors (Lipinski definition) is 1. The number of aliphatic hydroxyl groups excluding tert-OH is 1. The standard InChI is InChI=1S/C16H20O4S/c1-5-20-13(17)9-7-6-8-11(2)10-16(4)14(18)12(3)15(19)21-16/h6-10,18H,5H2,1-4H3/b8-6+,9-7+,11-10+/t16-/m1/s1. The van der Waals surface area contributed by atoms with Gasteiger partial charge < -0.3 is 9.84 Å². The van der Waals surface area contributed by atoms with Crippen LogP contribution in [0, 0.1) is 0 Å². The van der Waals surface area contributed by atoms with E-state index in [0.29, 0.717) is 12.2 Å². The number of thioether (sulfide) groups is 1. The predicted molar refractivity (Wildman–Crippen MR) is 85.0 cm³/mol. The van der Waals surface area contributed by atoms with Crippen molar-refractivity contribution in [3.8, 4) is 0 Å². The lowest BCUT2D eigenvalue weighted by Crippen LogP contribution is -2.17. The van der Waals surface area contributed by atoms with Gasteiger partial charge in [0.25, 0.3) is 0 Å². The topological polar surface area (TPSA) is 63.6 Å². The van der Waals surface area contributed by atoms with Gasteiger partial charge in [0.05, 0.1) is 11.4 Å². The molecule has 1 rings (SSSR count). The molecule has 1 N–H and O–H groups in total. The van der Waals surface area contributed by atoms with Crippen LogP contribution in [0.4, 0.5) is 0 Å². The number of hydrogen-bond acceptors (Lipinski definition) is 5. The van der Waals surface area contributed by atoms with Gasteiger partial charge in [0.2, 0.25) is 5.12 Å². The maximum absolute atomic E-state index is 11.6. The summed E-state index contributed by atoms with van der Waals surface area (Å²) >= 11 is 1.10. The Morgan fingerprint density at radius 2 is 2.00 bits per heavy atom. The van der Waals surface area contributed by atoms with E-state index in [2.05, 4.69) is 0 Å². The number of allylic oxidation sites excluding steroid dienone is 4. The van der Waals surface area contributed by atoms with E-state index in [1.165, 1.54) is 6.08 Å². The van der Waals surface area contributed by atoms with Crippen LogP contribution in [0.25, 0.3) is 0 Å². The van der Waals surface area contributed by atoms with Gasteiger partial charge in [0.1, 0.15) is 5.76 Å². The highest BCUT2D eigenvalue weighted by atomic mass is 32.2. The van der Waals surface area contributed by atoms with Crippen molar-refractivity contribution >= 4 is 22.8 Å². The molecule has 4 nitrogen and oxygen atoms in total. The van der Waals surface area contributed by atoms with Crippen molar-refractivity contribution in [1.29, 1.82) is 0 Å². The van der Waals surface area contributed by atoms with Gasteiger partial charge in [0, 0.05) is 11.6 Å². The van der Waals surface area contributed by atoms with Crippen LogP contribution in [-0.4, -0.2) is 27.5 Å². The summed E-state index contributed by atoms with van der Waals surface area (Å²) in [6, 6.07) is 0. The fraction of sp³-hybridized carbons (Fsp3) is 0.375. The summed E-state index contributed by atoms with van der Waals surface area (Å²) in [5.74, 6) is -0.281. The van der Waals surface area contributed by atoms with Gasteiger partial charge in [-0.1, -0.05) is 41.6 Å². The molecule has 0 radical (unpaired) electrons. The summed E-state index contributed by atoms with van der Waals surface area (Å²) in [4.78, 5) is 22.7. The van der Waals surface area contributed by atoms with Gasteiger partial charge in [0.15, 0.2) is 0 Å². The quantitative estimate of drug-likeness (QED) is 0.478. The normalized spacial score (nSPS) is 23.6. The maximum atomic E-state index is 11.6. The summed E-state index contributed by atoms with van der Waals surface area (Å²) in [6.07, 6.45) is 8.26. The number of aliphatic hydroxyl groups is 1. The first-order valence-electron chi connectivity index (χ1n) is 6.64. The highest BCUT2D eigenvalue weighted by Crippen LogP contribution is 2.43. The number of carbonyl (C=O) groups excluding carboxylic acids is 2. The van der Waals surface area contributed by atoms with E-state index >= 15 is 0 Å². The van der Waals surface area contributed by atoms with E-state index in [9.17, 15) is 14.7 Å². The molecule has 0 fully saturated rings. The van der Waals surface area contributed by atoms with Crippen molar-refractivity contribution < 1.29 is 19.4 Å². The van der Waals surface area contributed by atoms with Gasteiger partial charge >= 0.3 is 5.97 Å². The van der Waals surface area contributed by atoms with Gasteiger partial charge in [-0.25, -0.2) is 4.79 Å². The molecule has 0 aromatic carbocycles. The fourth-order valence-electron chi connectivity index (χ4n) is 1.90.